The average molecular weight is 568 g/mol. The molecule has 4 rings (SSSR count). The molecule has 1 heterocycles. The van der Waals surface area contributed by atoms with Gasteiger partial charge in [-0.05, 0) is 84.9 Å². The predicted octanol–water partition coefficient (Wildman–Crippen LogP) is 7.36. The number of pyridine rings is 1. The van der Waals surface area contributed by atoms with Gasteiger partial charge in [0.05, 0.1) is 12.6 Å². The second-order valence-electron chi connectivity index (χ2n) is 6.72. The van der Waals surface area contributed by atoms with Crippen molar-refractivity contribution in [3.05, 3.63) is 102 Å². The first-order chi connectivity index (χ1) is 14.3. The highest BCUT2D eigenvalue weighted by molar-refractivity contribution is 9.11. The monoisotopic (exact) mass is 565 g/mol. The van der Waals surface area contributed by atoms with Crippen molar-refractivity contribution in [2.75, 3.05) is 7.11 Å². The zero-order valence-electron chi connectivity index (χ0n) is 15.7. The highest BCUT2D eigenvalue weighted by Crippen LogP contribution is 2.42. The van der Waals surface area contributed by atoms with E-state index in [9.17, 15) is 5.11 Å². The number of aliphatic hydroxyl groups is 1. The number of nitrogens with zero attached hydrogens (tertiary/aromatic N) is 1. The molecule has 7 heteroatoms. The molecule has 0 saturated carbocycles. The van der Waals surface area contributed by atoms with E-state index in [0.29, 0.717) is 32.6 Å². The molecule has 0 radical (unpaired) electrons. The minimum absolute atomic E-state index is 0.494. The number of hydrogen-bond donors (Lipinski definition) is 1. The zero-order chi connectivity index (χ0) is 21.5. The third kappa shape index (κ3) is 3.85. The Morgan fingerprint density at radius 3 is 1.83 bits per heavy atom. The number of rotatable bonds is 4. The van der Waals surface area contributed by atoms with E-state index in [0.717, 1.165) is 19.8 Å². The molecule has 1 aromatic heterocycles. The molecular weight excluding hydrogens is 553 g/mol. The molecule has 0 fully saturated rings. The maximum atomic E-state index is 12.1. The maximum absolute atomic E-state index is 12.1. The van der Waals surface area contributed by atoms with Crippen LogP contribution in [0.5, 0.6) is 5.88 Å². The Morgan fingerprint density at radius 2 is 1.33 bits per heavy atom. The van der Waals surface area contributed by atoms with Crippen LogP contribution in [-0.2, 0) is 5.60 Å². The lowest BCUT2D eigenvalue weighted by molar-refractivity contribution is 0.126. The molecule has 152 valence electrons. The molecule has 3 aromatic carbocycles. The minimum Gasteiger partial charge on any atom is -0.481 e. The average Bonchev–Trinajstić information content (AvgIpc) is 2.74. The Kier molecular flexibility index (Phi) is 6.11. The van der Waals surface area contributed by atoms with Gasteiger partial charge in [0.2, 0.25) is 5.88 Å². The van der Waals surface area contributed by atoms with Crippen LogP contribution in [0.25, 0.3) is 10.9 Å². The number of benzene rings is 3. The molecule has 0 unspecified atom stereocenters. The summed E-state index contributed by atoms with van der Waals surface area (Å²) in [6.45, 7) is 0. The van der Waals surface area contributed by atoms with Crippen LogP contribution >= 0.6 is 55.1 Å². The third-order valence-electron chi connectivity index (χ3n) is 4.94. The van der Waals surface area contributed by atoms with E-state index < -0.39 is 5.60 Å². The Bertz CT molecular complexity index is 1180. The third-order valence-corrected chi connectivity index (χ3v) is 6.71. The smallest absolute Gasteiger partial charge is 0.214 e. The molecule has 0 aliphatic carbocycles. The molecule has 0 saturated heterocycles. The van der Waals surface area contributed by atoms with E-state index >= 15 is 0 Å². The molecular formula is C23H15Br2Cl2NO2. The fourth-order valence-corrected chi connectivity index (χ4v) is 4.72. The van der Waals surface area contributed by atoms with Gasteiger partial charge in [-0.1, -0.05) is 47.5 Å². The van der Waals surface area contributed by atoms with Gasteiger partial charge >= 0.3 is 0 Å². The number of halogens is 4. The fourth-order valence-electron chi connectivity index (χ4n) is 3.42. The number of methoxy groups -OCH3 is 1. The van der Waals surface area contributed by atoms with Crippen molar-refractivity contribution in [1.29, 1.82) is 0 Å². The molecule has 4 aromatic rings. The summed E-state index contributed by atoms with van der Waals surface area (Å²) in [4.78, 5) is 4.53. The molecule has 0 atom stereocenters. The van der Waals surface area contributed by atoms with Crippen LogP contribution in [0.1, 0.15) is 16.7 Å². The normalized spacial score (nSPS) is 11.7. The highest BCUT2D eigenvalue weighted by Gasteiger charge is 2.35. The Balaban J connectivity index is 2.02. The summed E-state index contributed by atoms with van der Waals surface area (Å²) >= 11 is 19.4. The van der Waals surface area contributed by atoms with E-state index in [4.69, 9.17) is 27.9 Å². The topological polar surface area (TPSA) is 42.4 Å². The van der Waals surface area contributed by atoms with Crippen molar-refractivity contribution in [2.24, 2.45) is 0 Å². The first-order valence-corrected chi connectivity index (χ1v) is 11.3. The number of hydrogen-bond acceptors (Lipinski definition) is 3. The standard InChI is InChI=1S/C23H15Br2Cl2NO2/c1-30-21-12-19(24)18-10-15(11-20(25)22(18)28-21)23(29,13-2-6-16(26)7-3-13)14-4-8-17(27)9-5-14/h2-12,29H,1H3. The van der Waals surface area contributed by atoms with E-state index in [1.165, 1.54) is 0 Å². The maximum Gasteiger partial charge on any atom is 0.214 e. The lowest BCUT2D eigenvalue weighted by Gasteiger charge is -2.31. The Labute approximate surface area is 200 Å². The van der Waals surface area contributed by atoms with Crippen LogP contribution in [0, 0.1) is 0 Å². The van der Waals surface area contributed by atoms with Crippen LogP contribution in [0.15, 0.2) is 75.7 Å². The zero-order valence-corrected chi connectivity index (χ0v) is 20.3. The van der Waals surface area contributed by atoms with Crippen molar-refractivity contribution in [1.82, 2.24) is 4.98 Å². The van der Waals surface area contributed by atoms with Gasteiger partial charge in [-0.2, -0.15) is 0 Å². The molecule has 3 nitrogen and oxygen atoms in total. The summed E-state index contributed by atoms with van der Waals surface area (Å²) in [5.74, 6) is 0.494. The van der Waals surface area contributed by atoms with E-state index in [1.54, 1.807) is 37.4 Å². The van der Waals surface area contributed by atoms with Crippen molar-refractivity contribution < 1.29 is 9.84 Å². The van der Waals surface area contributed by atoms with Gasteiger partial charge in [-0.25, -0.2) is 4.98 Å². The van der Waals surface area contributed by atoms with E-state index in [1.807, 2.05) is 36.4 Å². The highest BCUT2D eigenvalue weighted by atomic mass is 79.9. The Morgan fingerprint density at radius 1 is 0.800 bits per heavy atom. The van der Waals surface area contributed by atoms with Crippen LogP contribution < -0.4 is 4.74 Å². The van der Waals surface area contributed by atoms with Crippen LogP contribution in [-0.4, -0.2) is 17.2 Å². The van der Waals surface area contributed by atoms with Crippen molar-refractivity contribution >= 4 is 66.0 Å². The van der Waals surface area contributed by atoms with Crippen LogP contribution in [0.4, 0.5) is 0 Å². The largest absolute Gasteiger partial charge is 0.481 e. The first-order valence-electron chi connectivity index (χ1n) is 8.91. The summed E-state index contributed by atoms with van der Waals surface area (Å²) < 4.78 is 6.82. The van der Waals surface area contributed by atoms with Crippen molar-refractivity contribution in [2.45, 2.75) is 5.60 Å². The molecule has 0 bridgehead atoms. The van der Waals surface area contributed by atoms with Gasteiger partial charge < -0.3 is 9.84 Å². The SMILES string of the molecule is COc1cc(Br)c2cc(C(O)(c3ccc(Cl)cc3)c3ccc(Cl)cc3)cc(Br)c2n1. The van der Waals surface area contributed by atoms with Gasteiger partial charge in [-0.15, -0.1) is 0 Å². The van der Waals surface area contributed by atoms with Crippen molar-refractivity contribution in [3.63, 3.8) is 0 Å². The molecule has 30 heavy (non-hydrogen) atoms. The van der Waals surface area contributed by atoms with E-state index in [-0.39, 0.29) is 0 Å². The molecule has 0 spiro atoms. The summed E-state index contributed by atoms with van der Waals surface area (Å²) in [5.41, 5.74) is 1.31. The van der Waals surface area contributed by atoms with Gasteiger partial charge in [0.1, 0.15) is 5.60 Å². The molecule has 0 aliphatic rings. The lowest BCUT2D eigenvalue weighted by atomic mass is 9.80. The number of aromatic nitrogens is 1. The van der Waals surface area contributed by atoms with Crippen molar-refractivity contribution in [3.8, 4) is 5.88 Å². The first kappa shape index (κ1) is 21.6. The predicted molar refractivity (Wildman–Crippen MR) is 129 cm³/mol. The molecule has 0 amide bonds. The van der Waals surface area contributed by atoms with Gasteiger partial charge in [0.25, 0.3) is 0 Å². The second-order valence-corrected chi connectivity index (χ2v) is 9.31. The Hall–Kier alpha value is -1.63. The van der Waals surface area contributed by atoms with Gasteiger partial charge in [0, 0.05) is 30.4 Å². The minimum atomic E-state index is -1.44. The number of fused-ring (bicyclic) bond motifs is 1. The molecule has 0 aliphatic heterocycles. The quantitative estimate of drug-likeness (QED) is 0.262. The van der Waals surface area contributed by atoms with Gasteiger partial charge in [0.15, 0.2) is 0 Å². The summed E-state index contributed by atoms with van der Waals surface area (Å²) in [6.07, 6.45) is 0. The summed E-state index contributed by atoms with van der Waals surface area (Å²) in [6, 6.07) is 19.9. The van der Waals surface area contributed by atoms with Gasteiger partial charge in [-0.3, -0.25) is 0 Å². The summed E-state index contributed by atoms with van der Waals surface area (Å²) in [5, 5.41) is 14.1. The van der Waals surface area contributed by atoms with Crippen LogP contribution in [0.2, 0.25) is 10.0 Å². The molecule has 1 N–H and O–H groups in total. The summed E-state index contributed by atoms with van der Waals surface area (Å²) in [7, 11) is 1.57. The van der Waals surface area contributed by atoms with E-state index in [2.05, 4.69) is 36.8 Å². The number of ether oxygens (including phenoxy) is 1. The second kappa shape index (κ2) is 8.48. The fraction of sp³-hybridized carbons (Fsp3) is 0.0870. The lowest BCUT2D eigenvalue weighted by Crippen LogP contribution is -2.29. The van der Waals surface area contributed by atoms with Crippen LogP contribution in [0.3, 0.4) is 0 Å².